The highest BCUT2D eigenvalue weighted by molar-refractivity contribution is 5.47. The fourth-order valence-corrected chi connectivity index (χ4v) is 2.18. The Balaban J connectivity index is 4.76. The Morgan fingerprint density at radius 2 is 1.71 bits per heavy atom. The summed E-state index contributed by atoms with van der Waals surface area (Å²) in [6, 6.07) is 0.294. The zero-order chi connectivity index (χ0) is 13.6. The average molecular weight is 241 g/mol. The summed E-state index contributed by atoms with van der Waals surface area (Å²) in [6.07, 6.45) is 3.41. The molecule has 0 saturated carbocycles. The molecule has 0 aliphatic rings. The first kappa shape index (κ1) is 16.5. The van der Waals surface area contributed by atoms with Gasteiger partial charge in [0.15, 0.2) is 0 Å². The smallest absolute Gasteiger partial charge is 0.209 e. The Morgan fingerprint density at radius 3 is 2.00 bits per heavy atom. The standard InChI is InChI=1S/C15H31NO/c1-8-14(6)9-15(7,12(2)3)10-16(11-17)13(4)5/h11-14H,8-10H2,1-7H3. The SMILES string of the molecule is CCC(C)CC(C)(CN(C=O)C(C)C)C(C)C. The number of nitrogens with zero attached hydrogens (tertiary/aromatic N) is 1. The molecule has 2 unspecified atom stereocenters. The second-order valence-electron chi connectivity index (χ2n) is 6.40. The van der Waals surface area contributed by atoms with Gasteiger partial charge in [-0.25, -0.2) is 0 Å². The number of rotatable bonds is 8. The first-order valence-corrected chi connectivity index (χ1v) is 6.97. The normalized spacial score (nSPS) is 17.0. The lowest BCUT2D eigenvalue weighted by Crippen LogP contribution is -2.42. The van der Waals surface area contributed by atoms with E-state index in [4.69, 9.17) is 0 Å². The van der Waals surface area contributed by atoms with Crippen molar-refractivity contribution in [3.05, 3.63) is 0 Å². The summed E-state index contributed by atoms with van der Waals surface area (Å²) >= 11 is 0. The lowest BCUT2D eigenvalue weighted by molar-refractivity contribution is -0.122. The fourth-order valence-electron chi connectivity index (χ4n) is 2.18. The Kier molecular flexibility index (Phi) is 6.81. The lowest BCUT2D eigenvalue weighted by atomic mass is 9.72. The van der Waals surface area contributed by atoms with Crippen molar-refractivity contribution in [3.8, 4) is 0 Å². The van der Waals surface area contributed by atoms with Gasteiger partial charge >= 0.3 is 0 Å². The summed E-state index contributed by atoms with van der Waals surface area (Å²) in [5.41, 5.74) is 0.223. The van der Waals surface area contributed by atoms with Crippen molar-refractivity contribution >= 4 is 6.41 Å². The van der Waals surface area contributed by atoms with Crippen molar-refractivity contribution in [3.63, 3.8) is 0 Å². The van der Waals surface area contributed by atoms with Gasteiger partial charge in [-0.05, 0) is 37.5 Å². The minimum Gasteiger partial charge on any atom is -0.342 e. The molecule has 0 aromatic rings. The van der Waals surface area contributed by atoms with Crippen molar-refractivity contribution < 1.29 is 4.79 Å². The molecule has 102 valence electrons. The van der Waals surface area contributed by atoms with Gasteiger partial charge in [0.25, 0.3) is 0 Å². The third-order valence-corrected chi connectivity index (χ3v) is 4.25. The van der Waals surface area contributed by atoms with E-state index in [2.05, 4.69) is 48.5 Å². The summed E-state index contributed by atoms with van der Waals surface area (Å²) in [7, 11) is 0. The highest BCUT2D eigenvalue weighted by Crippen LogP contribution is 2.36. The van der Waals surface area contributed by atoms with Crippen LogP contribution >= 0.6 is 0 Å². The van der Waals surface area contributed by atoms with Gasteiger partial charge in [0.1, 0.15) is 0 Å². The Morgan fingerprint density at radius 1 is 1.18 bits per heavy atom. The van der Waals surface area contributed by atoms with Crippen LogP contribution in [0, 0.1) is 17.3 Å². The maximum Gasteiger partial charge on any atom is 0.209 e. The number of carbonyl (C=O) groups excluding carboxylic acids is 1. The monoisotopic (exact) mass is 241 g/mol. The molecule has 0 spiro atoms. The van der Waals surface area contributed by atoms with Crippen molar-refractivity contribution in [2.75, 3.05) is 6.54 Å². The quantitative estimate of drug-likeness (QED) is 0.589. The molecule has 0 saturated heterocycles. The maximum absolute atomic E-state index is 11.1. The van der Waals surface area contributed by atoms with E-state index in [9.17, 15) is 4.79 Å². The Hall–Kier alpha value is -0.530. The van der Waals surface area contributed by atoms with E-state index in [-0.39, 0.29) is 5.41 Å². The Bertz CT molecular complexity index is 225. The third-order valence-electron chi connectivity index (χ3n) is 4.25. The van der Waals surface area contributed by atoms with E-state index in [1.165, 1.54) is 12.8 Å². The van der Waals surface area contributed by atoms with E-state index in [1.54, 1.807) is 0 Å². The van der Waals surface area contributed by atoms with Gasteiger partial charge in [-0.3, -0.25) is 4.79 Å². The van der Waals surface area contributed by atoms with Crippen LogP contribution in [-0.2, 0) is 4.79 Å². The molecule has 0 heterocycles. The van der Waals surface area contributed by atoms with Gasteiger partial charge in [0.05, 0.1) is 0 Å². The predicted molar refractivity (Wildman–Crippen MR) is 74.9 cm³/mol. The second-order valence-corrected chi connectivity index (χ2v) is 6.40. The second kappa shape index (κ2) is 7.03. The van der Waals surface area contributed by atoms with E-state index >= 15 is 0 Å². The molecule has 2 nitrogen and oxygen atoms in total. The maximum atomic E-state index is 11.1. The molecular formula is C15H31NO. The lowest BCUT2D eigenvalue weighted by Gasteiger charge is -2.40. The number of hydrogen-bond acceptors (Lipinski definition) is 1. The summed E-state index contributed by atoms with van der Waals surface area (Å²) in [6.45, 7) is 16.4. The molecule has 17 heavy (non-hydrogen) atoms. The average Bonchev–Trinajstić information content (AvgIpc) is 2.25. The van der Waals surface area contributed by atoms with Crippen LogP contribution in [0.5, 0.6) is 0 Å². The van der Waals surface area contributed by atoms with E-state index < -0.39 is 0 Å². The summed E-state index contributed by atoms with van der Waals surface area (Å²) < 4.78 is 0. The minimum absolute atomic E-state index is 0.223. The largest absolute Gasteiger partial charge is 0.342 e. The summed E-state index contributed by atoms with van der Waals surface area (Å²) in [5, 5.41) is 0. The molecule has 0 aromatic carbocycles. The van der Waals surface area contributed by atoms with Gasteiger partial charge in [-0.15, -0.1) is 0 Å². The van der Waals surface area contributed by atoms with Gasteiger partial charge < -0.3 is 4.90 Å². The molecule has 0 bridgehead atoms. The van der Waals surface area contributed by atoms with Gasteiger partial charge in [0, 0.05) is 12.6 Å². The van der Waals surface area contributed by atoms with Crippen LogP contribution in [0.25, 0.3) is 0 Å². The van der Waals surface area contributed by atoms with E-state index in [1.807, 2.05) is 4.90 Å². The van der Waals surface area contributed by atoms with Crippen molar-refractivity contribution in [1.82, 2.24) is 4.90 Å². The van der Waals surface area contributed by atoms with Crippen LogP contribution in [0.1, 0.15) is 61.3 Å². The molecular weight excluding hydrogens is 210 g/mol. The van der Waals surface area contributed by atoms with Crippen LogP contribution in [-0.4, -0.2) is 23.9 Å². The molecule has 0 N–H and O–H groups in total. The zero-order valence-electron chi connectivity index (χ0n) is 12.8. The van der Waals surface area contributed by atoms with Crippen LogP contribution in [0.2, 0.25) is 0 Å². The molecule has 0 fully saturated rings. The van der Waals surface area contributed by atoms with E-state index in [0.717, 1.165) is 18.9 Å². The number of amides is 1. The molecule has 0 aromatic heterocycles. The molecule has 0 aliphatic carbocycles. The molecule has 1 amide bonds. The van der Waals surface area contributed by atoms with Crippen LogP contribution < -0.4 is 0 Å². The highest BCUT2D eigenvalue weighted by Gasteiger charge is 2.32. The van der Waals surface area contributed by atoms with Crippen molar-refractivity contribution in [1.29, 1.82) is 0 Å². The first-order chi connectivity index (χ1) is 7.76. The van der Waals surface area contributed by atoms with Crippen molar-refractivity contribution in [2.24, 2.45) is 17.3 Å². The first-order valence-electron chi connectivity index (χ1n) is 6.97. The van der Waals surface area contributed by atoms with Gasteiger partial charge in [0.2, 0.25) is 6.41 Å². The van der Waals surface area contributed by atoms with E-state index in [0.29, 0.717) is 12.0 Å². The van der Waals surface area contributed by atoms with Gasteiger partial charge in [-0.1, -0.05) is 41.0 Å². The summed E-state index contributed by atoms with van der Waals surface area (Å²) in [4.78, 5) is 13.1. The summed E-state index contributed by atoms with van der Waals surface area (Å²) in [5.74, 6) is 1.32. The van der Waals surface area contributed by atoms with Crippen molar-refractivity contribution in [2.45, 2.75) is 67.3 Å². The predicted octanol–water partition coefficient (Wildman–Crippen LogP) is 3.95. The minimum atomic E-state index is 0.223. The molecule has 2 heteroatoms. The fraction of sp³-hybridized carbons (Fsp3) is 0.933. The topological polar surface area (TPSA) is 20.3 Å². The highest BCUT2D eigenvalue weighted by atomic mass is 16.1. The van der Waals surface area contributed by atoms with Crippen LogP contribution in [0.15, 0.2) is 0 Å². The molecule has 0 rings (SSSR count). The van der Waals surface area contributed by atoms with Crippen LogP contribution in [0.3, 0.4) is 0 Å². The molecule has 0 aliphatic heterocycles. The third kappa shape index (κ3) is 5.10. The van der Waals surface area contributed by atoms with Crippen LogP contribution in [0.4, 0.5) is 0 Å². The molecule has 0 radical (unpaired) electrons. The van der Waals surface area contributed by atoms with Gasteiger partial charge in [-0.2, -0.15) is 0 Å². The zero-order valence-corrected chi connectivity index (χ0v) is 12.8. The number of hydrogen-bond donors (Lipinski definition) is 0. The number of carbonyl (C=O) groups is 1. The molecule has 2 atom stereocenters. The Labute approximate surface area is 108 Å².